The maximum absolute atomic E-state index is 2.86. The number of hydrogen-bond donors (Lipinski definition) is 1. The van der Waals surface area contributed by atoms with Gasteiger partial charge < -0.3 is 4.98 Å². The molecule has 0 atom stereocenters. The third-order valence-electron chi connectivity index (χ3n) is 0.496. The third kappa shape index (κ3) is 1.56. The summed E-state index contributed by atoms with van der Waals surface area (Å²) >= 11 is 0. The molecule has 0 aromatic carbocycles. The maximum atomic E-state index is 2.86. The smallest absolute Gasteiger partial charge is 0.000496 e. The zero-order valence-electron chi connectivity index (χ0n) is 3.26. The Morgan fingerprint density at radius 3 is 1.67 bits per heavy atom. The molecular formula is C4H5BiN. The Kier molecular flexibility index (Phi) is 3.45. The van der Waals surface area contributed by atoms with Crippen LogP contribution in [-0.4, -0.2) is 31.2 Å². The van der Waals surface area contributed by atoms with Crippen molar-refractivity contribution >= 4 is 26.2 Å². The normalized spacial score (nSPS) is 6.67. The summed E-state index contributed by atoms with van der Waals surface area (Å²) in [6.45, 7) is 0. The summed E-state index contributed by atoms with van der Waals surface area (Å²) in [6.07, 6.45) is 3.75. The Labute approximate surface area is 55.9 Å². The van der Waals surface area contributed by atoms with Gasteiger partial charge in [0.05, 0.1) is 0 Å². The number of aromatic nitrogens is 1. The van der Waals surface area contributed by atoms with E-state index >= 15 is 0 Å². The first-order valence-corrected chi connectivity index (χ1v) is 1.58. The molecule has 0 aliphatic carbocycles. The molecule has 0 spiro atoms. The Bertz CT molecular complexity index is 64.0. The molecule has 0 aliphatic rings. The Balaban J connectivity index is 0.000000250. The van der Waals surface area contributed by atoms with E-state index in [4.69, 9.17) is 0 Å². The average Bonchev–Trinajstić information content (AvgIpc) is 1.76. The van der Waals surface area contributed by atoms with Gasteiger partial charge in [-0.15, -0.1) is 0 Å². The van der Waals surface area contributed by atoms with E-state index in [2.05, 4.69) is 4.98 Å². The summed E-state index contributed by atoms with van der Waals surface area (Å²) in [6, 6.07) is 3.89. The molecule has 6 heavy (non-hydrogen) atoms. The second-order valence-electron chi connectivity index (χ2n) is 0.885. The molecular weight excluding hydrogens is 271 g/mol. The van der Waals surface area contributed by atoms with Crippen LogP contribution in [-0.2, 0) is 0 Å². The van der Waals surface area contributed by atoms with E-state index in [1.54, 1.807) is 0 Å². The summed E-state index contributed by atoms with van der Waals surface area (Å²) in [5.41, 5.74) is 0. The Morgan fingerprint density at radius 1 is 1.00 bits per heavy atom. The first kappa shape index (κ1) is 6.16. The molecule has 0 fully saturated rings. The molecule has 0 saturated carbocycles. The van der Waals surface area contributed by atoms with Crippen molar-refractivity contribution in [3.63, 3.8) is 0 Å². The monoisotopic (exact) mass is 276 g/mol. The first-order chi connectivity index (χ1) is 2.50. The van der Waals surface area contributed by atoms with Gasteiger partial charge >= 0.3 is 0 Å². The predicted molar refractivity (Wildman–Crippen MR) is 26.5 cm³/mol. The molecule has 3 radical (unpaired) electrons. The van der Waals surface area contributed by atoms with Gasteiger partial charge in [-0.05, 0) is 12.1 Å². The number of rotatable bonds is 0. The average molecular weight is 276 g/mol. The molecule has 1 nitrogen and oxygen atoms in total. The van der Waals surface area contributed by atoms with Crippen molar-refractivity contribution in [3.8, 4) is 0 Å². The van der Waals surface area contributed by atoms with Crippen molar-refractivity contribution in [1.82, 2.24) is 4.98 Å². The van der Waals surface area contributed by atoms with Crippen molar-refractivity contribution in [2.24, 2.45) is 0 Å². The Morgan fingerprint density at radius 2 is 1.50 bits per heavy atom. The first-order valence-electron chi connectivity index (χ1n) is 1.58. The van der Waals surface area contributed by atoms with Crippen LogP contribution >= 0.6 is 0 Å². The molecule has 1 aromatic rings. The van der Waals surface area contributed by atoms with Crippen molar-refractivity contribution in [1.29, 1.82) is 0 Å². The molecule has 1 rings (SSSR count). The summed E-state index contributed by atoms with van der Waals surface area (Å²) in [5.74, 6) is 0. The van der Waals surface area contributed by atoms with Crippen LogP contribution in [0.1, 0.15) is 0 Å². The number of aromatic amines is 1. The van der Waals surface area contributed by atoms with Gasteiger partial charge in [-0.25, -0.2) is 0 Å². The fourth-order valence-electron chi connectivity index (χ4n) is 0.278. The van der Waals surface area contributed by atoms with Gasteiger partial charge in [-0.1, -0.05) is 0 Å². The quantitative estimate of drug-likeness (QED) is 0.669. The molecule has 1 aromatic heterocycles. The van der Waals surface area contributed by atoms with Crippen LogP contribution in [0.15, 0.2) is 24.5 Å². The van der Waals surface area contributed by atoms with E-state index in [-0.39, 0.29) is 26.2 Å². The second-order valence-corrected chi connectivity index (χ2v) is 0.885. The van der Waals surface area contributed by atoms with E-state index in [0.29, 0.717) is 0 Å². The molecule has 1 heterocycles. The predicted octanol–water partition coefficient (Wildman–Crippen LogP) is 0.634. The van der Waals surface area contributed by atoms with Gasteiger partial charge in [0, 0.05) is 38.6 Å². The van der Waals surface area contributed by atoms with E-state index in [0.717, 1.165) is 0 Å². The van der Waals surface area contributed by atoms with Gasteiger partial charge in [0.2, 0.25) is 0 Å². The number of nitrogens with one attached hydrogen (secondary N) is 1. The molecule has 0 aliphatic heterocycles. The molecule has 31 valence electrons. The van der Waals surface area contributed by atoms with Gasteiger partial charge in [-0.2, -0.15) is 0 Å². The van der Waals surface area contributed by atoms with E-state index in [1.165, 1.54) is 0 Å². The minimum absolute atomic E-state index is 0. The fourth-order valence-corrected chi connectivity index (χ4v) is 0.278. The molecule has 2 heteroatoms. The number of H-pyrrole nitrogens is 1. The third-order valence-corrected chi connectivity index (χ3v) is 0.496. The molecule has 0 amide bonds. The molecule has 1 N–H and O–H groups in total. The van der Waals surface area contributed by atoms with Crippen molar-refractivity contribution in [3.05, 3.63) is 24.5 Å². The Hall–Kier alpha value is 0.163. The van der Waals surface area contributed by atoms with Crippen LogP contribution in [0.25, 0.3) is 0 Å². The number of hydrogen-bond acceptors (Lipinski definition) is 0. The van der Waals surface area contributed by atoms with Crippen LogP contribution in [0.4, 0.5) is 0 Å². The van der Waals surface area contributed by atoms with Crippen molar-refractivity contribution < 1.29 is 0 Å². The summed E-state index contributed by atoms with van der Waals surface area (Å²) < 4.78 is 0. The summed E-state index contributed by atoms with van der Waals surface area (Å²) in [5, 5.41) is 0. The van der Waals surface area contributed by atoms with Gasteiger partial charge in [0.1, 0.15) is 0 Å². The topological polar surface area (TPSA) is 15.8 Å². The van der Waals surface area contributed by atoms with E-state index in [9.17, 15) is 0 Å². The molecule has 0 saturated heterocycles. The van der Waals surface area contributed by atoms with E-state index < -0.39 is 0 Å². The van der Waals surface area contributed by atoms with Crippen LogP contribution in [0.5, 0.6) is 0 Å². The van der Waals surface area contributed by atoms with E-state index in [1.807, 2.05) is 24.5 Å². The zero-order valence-corrected chi connectivity index (χ0v) is 6.73. The zero-order chi connectivity index (χ0) is 3.54. The largest absolute Gasteiger partial charge is 0.368 e. The summed E-state index contributed by atoms with van der Waals surface area (Å²) in [4.78, 5) is 2.86. The van der Waals surface area contributed by atoms with Gasteiger partial charge in [-0.3, -0.25) is 0 Å². The summed E-state index contributed by atoms with van der Waals surface area (Å²) in [7, 11) is 0. The van der Waals surface area contributed by atoms with Crippen LogP contribution in [0.2, 0.25) is 0 Å². The fraction of sp³-hybridized carbons (Fsp3) is 0. The minimum Gasteiger partial charge on any atom is -0.368 e. The minimum atomic E-state index is 0. The van der Waals surface area contributed by atoms with Crippen LogP contribution in [0.3, 0.4) is 0 Å². The molecule has 0 bridgehead atoms. The van der Waals surface area contributed by atoms with Gasteiger partial charge in [0.15, 0.2) is 0 Å². The second kappa shape index (κ2) is 3.36. The van der Waals surface area contributed by atoms with Crippen LogP contribution in [0, 0.1) is 0 Å². The standard InChI is InChI=1S/C4H5N.Bi/c1-2-4-5-3-1;/h1-5H;. The SMILES string of the molecule is [Bi].c1cc[nH]c1. The van der Waals surface area contributed by atoms with Crippen LogP contribution < -0.4 is 0 Å². The van der Waals surface area contributed by atoms with Crippen molar-refractivity contribution in [2.75, 3.05) is 0 Å². The molecule has 0 unspecified atom stereocenters. The van der Waals surface area contributed by atoms with Gasteiger partial charge in [0.25, 0.3) is 0 Å². The maximum Gasteiger partial charge on any atom is 0.000496 e. The van der Waals surface area contributed by atoms with Crippen molar-refractivity contribution in [2.45, 2.75) is 0 Å².